The van der Waals surface area contributed by atoms with Gasteiger partial charge in [-0.3, -0.25) is 4.79 Å². The van der Waals surface area contributed by atoms with Crippen LogP contribution in [0.2, 0.25) is 0 Å². The molecule has 0 unspecified atom stereocenters. The Morgan fingerprint density at radius 1 is 1.30 bits per heavy atom. The van der Waals surface area contributed by atoms with Crippen molar-refractivity contribution in [2.75, 3.05) is 6.61 Å². The zero-order valence-electron chi connectivity index (χ0n) is 11.8. The first kappa shape index (κ1) is 14.9. The van der Waals surface area contributed by atoms with Gasteiger partial charge >= 0.3 is 0 Å². The highest BCUT2D eigenvalue weighted by Crippen LogP contribution is 2.28. The highest BCUT2D eigenvalue weighted by molar-refractivity contribution is 9.10. The lowest BCUT2D eigenvalue weighted by Gasteiger charge is -2.08. The monoisotopic (exact) mass is 336 g/mol. The topological polar surface area (TPSA) is 39.4 Å². The number of hydrogen-bond donors (Lipinski definition) is 0. The van der Waals surface area contributed by atoms with Gasteiger partial charge in [0, 0.05) is 5.56 Å². The number of benzene rings is 1. The van der Waals surface area contributed by atoms with Crippen molar-refractivity contribution in [2.45, 2.75) is 27.2 Å². The fourth-order valence-corrected chi connectivity index (χ4v) is 2.48. The molecule has 20 heavy (non-hydrogen) atoms. The number of furan rings is 1. The van der Waals surface area contributed by atoms with Crippen LogP contribution in [0, 0.1) is 13.8 Å². The summed E-state index contributed by atoms with van der Waals surface area (Å²) in [4.78, 5) is 12.4. The third-order valence-corrected chi connectivity index (χ3v) is 3.56. The average molecular weight is 337 g/mol. The second kappa shape index (κ2) is 6.27. The zero-order valence-corrected chi connectivity index (χ0v) is 13.4. The van der Waals surface area contributed by atoms with E-state index >= 15 is 0 Å². The summed E-state index contributed by atoms with van der Waals surface area (Å²) < 4.78 is 11.8. The summed E-state index contributed by atoms with van der Waals surface area (Å²) in [6.07, 6.45) is 0.945. The van der Waals surface area contributed by atoms with Crippen LogP contribution in [0.5, 0.6) is 5.75 Å². The van der Waals surface area contributed by atoms with Crippen molar-refractivity contribution < 1.29 is 13.9 Å². The third-order valence-electron chi connectivity index (χ3n) is 2.94. The Labute approximate surface area is 127 Å². The first-order valence-corrected chi connectivity index (χ1v) is 7.36. The Bertz CT molecular complexity index is 629. The molecule has 0 radical (unpaired) electrons. The van der Waals surface area contributed by atoms with E-state index in [1.54, 1.807) is 25.1 Å². The molecule has 0 spiro atoms. The number of hydrogen-bond acceptors (Lipinski definition) is 3. The van der Waals surface area contributed by atoms with Gasteiger partial charge < -0.3 is 9.15 Å². The van der Waals surface area contributed by atoms with Crippen molar-refractivity contribution >= 4 is 21.7 Å². The molecule has 0 amide bonds. The largest absolute Gasteiger partial charge is 0.492 e. The van der Waals surface area contributed by atoms with Crippen molar-refractivity contribution in [3.05, 3.63) is 51.4 Å². The van der Waals surface area contributed by atoms with Crippen molar-refractivity contribution in [1.29, 1.82) is 0 Å². The molecule has 0 bridgehead atoms. The summed E-state index contributed by atoms with van der Waals surface area (Å²) in [5.74, 6) is 2.10. The van der Waals surface area contributed by atoms with Crippen LogP contribution < -0.4 is 4.74 Å². The lowest BCUT2D eigenvalue weighted by Crippen LogP contribution is -2.02. The Kier molecular flexibility index (Phi) is 4.65. The smallest absolute Gasteiger partial charge is 0.196 e. The molecule has 0 atom stereocenters. The van der Waals surface area contributed by atoms with Gasteiger partial charge in [-0.2, -0.15) is 0 Å². The number of carbonyl (C=O) groups excluding carboxylic acids is 1. The number of carbonyl (C=O) groups is 1. The minimum Gasteiger partial charge on any atom is -0.492 e. The van der Waals surface area contributed by atoms with Gasteiger partial charge in [-0.05, 0) is 60.5 Å². The van der Waals surface area contributed by atoms with Gasteiger partial charge in [-0.25, -0.2) is 0 Å². The number of halogens is 1. The number of aryl methyl sites for hydroxylation is 2. The minimum absolute atomic E-state index is 0.0397. The van der Waals surface area contributed by atoms with Crippen LogP contribution in [-0.2, 0) is 0 Å². The highest BCUT2D eigenvalue weighted by atomic mass is 79.9. The van der Waals surface area contributed by atoms with Crippen molar-refractivity contribution in [1.82, 2.24) is 0 Å². The molecule has 2 aromatic rings. The third kappa shape index (κ3) is 3.12. The van der Waals surface area contributed by atoms with Gasteiger partial charge in [0.15, 0.2) is 5.78 Å². The van der Waals surface area contributed by atoms with Crippen LogP contribution in [0.25, 0.3) is 0 Å². The normalized spacial score (nSPS) is 10.6. The molecule has 1 heterocycles. The molecular weight excluding hydrogens is 320 g/mol. The molecule has 106 valence electrons. The fourth-order valence-electron chi connectivity index (χ4n) is 1.98. The molecule has 1 aromatic heterocycles. The van der Waals surface area contributed by atoms with Gasteiger partial charge in [0.05, 0.1) is 16.6 Å². The van der Waals surface area contributed by atoms with E-state index < -0.39 is 0 Å². The van der Waals surface area contributed by atoms with Crippen molar-refractivity contribution in [2.24, 2.45) is 0 Å². The molecule has 1 aromatic carbocycles. The average Bonchev–Trinajstić information content (AvgIpc) is 2.75. The van der Waals surface area contributed by atoms with Gasteiger partial charge in [0.1, 0.15) is 17.3 Å². The van der Waals surface area contributed by atoms with E-state index in [0.717, 1.165) is 22.4 Å². The molecule has 2 rings (SSSR count). The van der Waals surface area contributed by atoms with Crippen molar-refractivity contribution in [3.63, 3.8) is 0 Å². The quantitative estimate of drug-likeness (QED) is 0.744. The summed E-state index contributed by atoms with van der Waals surface area (Å²) >= 11 is 3.44. The maximum absolute atomic E-state index is 12.4. The summed E-state index contributed by atoms with van der Waals surface area (Å²) in [7, 11) is 0. The highest BCUT2D eigenvalue weighted by Gasteiger charge is 2.16. The van der Waals surface area contributed by atoms with Crippen LogP contribution in [0.4, 0.5) is 0 Å². The van der Waals surface area contributed by atoms with E-state index in [1.165, 1.54) is 0 Å². The Morgan fingerprint density at radius 3 is 2.60 bits per heavy atom. The van der Waals surface area contributed by atoms with E-state index in [1.807, 2.05) is 13.0 Å². The van der Waals surface area contributed by atoms with Crippen LogP contribution in [0.3, 0.4) is 0 Å². The van der Waals surface area contributed by atoms with E-state index in [0.29, 0.717) is 23.5 Å². The molecule has 0 aliphatic rings. The zero-order chi connectivity index (χ0) is 14.7. The van der Waals surface area contributed by atoms with E-state index in [9.17, 15) is 4.79 Å². The molecule has 0 aliphatic heterocycles. The molecule has 0 saturated carbocycles. The molecule has 3 nitrogen and oxygen atoms in total. The fraction of sp³-hybridized carbons (Fsp3) is 0.312. The molecule has 0 saturated heterocycles. The number of rotatable bonds is 5. The number of ether oxygens (including phenoxy) is 1. The molecule has 0 aliphatic carbocycles. The van der Waals surface area contributed by atoms with E-state index in [4.69, 9.17) is 9.15 Å². The Morgan fingerprint density at radius 2 is 2.05 bits per heavy atom. The Balaban J connectivity index is 2.27. The molecule has 0 fully saturated rings. The number of ketones is 1. The summed E-state index contributed by atoms with van der Waals surface area (Å²) in [6.45, 7) is 6.34. The summed E-state index contributed by atoms with van der Waals surface area (Å²) in [6, 6.07) is 7.15. The maximum atomic E-state index is 12.4. The van der Waals surface area contributed by atoms with Crippen LogP contribution in [0.15, 0.2) is 33.2 Å². The first-order chi connectivity index (χ1) is 9.52. The second-order valence-electron chi connectivity index (χ2n) is 4.65. The second-order valence-corrected chi connectivity index (χ2v) is 5.50. The van der Waals surface area contributed by atoms with Gasteiger partial charge in [-0.1, -0.05) is 6.92 Å². The molecular formula is C16H17BrO3. The standard InChI is InChI=1S/C16H17BrO3/c1-4-7-19-15-6-5-12(9-14(15)17)16(18)13-8-10(2)20-11(13)3/h5-6,8-9H,4,7H2,1-3H3. The summed E-state index contributed by atoms with van der Waals surface area (Å²) in [5, 5.41) is 0. The predicted molar refractivity (Wildman–Crippen MR) is 81.5 cm³/mol. The van der Waals surface area contributed by atoms with Gasteiger partial charge in [0.2, 0.25) is 0 Å². The van der Waals surface area contributed by atoms with E-state index in [-0.39, 0.29) is 5.78 Å². The minimum atomic E-state index is -0.0397. The van der Waals surface area contributed by atoms with Crippen molar-refractivity contribution in [3.8, 4) is 5.75 Å². The SMILES string of the molecule is CCCOc1ccc(C(=O)c2cc(C)oc2C)cc1Br. The predicted octanol–water partition coefficient (Wildman–Crippen LogP) is 4.68. The Hall–Kier alpha value is -1.55. The van der Waals surface area contributed by atoms with E-state index in [2.05, 4.69) is 22.9 Å². The van der Waals surface area contributed by atoms with Gasteiger partial charge in [0.25, 0.3) is 0 Å². The lowest BCUT2D eigenvalue weighted by atomic mass is 10.0. The molecule has 4 heteroatoms. The van der Waals surface area contributed by atoms with Crippen LogP contribution in [0.1, 0.15) is 40.8 Å². The molecule has 0 N–H and O–H groups in total. The van der Waals surface area contributed by atoms with Crippen LogP contribution >= 0.6 is 15.9 Å². The first-order valence-electron chi connectivity index (χ1n) is 6.57. The summed E-state index contributed by atoms with van der Waals surface area (Å²) in [5.41, 5.74) is 1.22. The maximum Gasteiger partial charge on any atom is 0.196 e. The lowest BCUT2D eigenvalue weighted by molar-refractivity contribution is 0.103. The van der Waals surface area contributed by atoms with Gasteiger partial charge in [-0.15, -0.1) is 0 Å². The van der Waals surface area contributed by atoms with Crippen LogP contribution in [-0.4, -0.2) is 12.4 Å².